The summed E-state index contributed by atoms with van der Waals surface area (Å²) in [5.74, 6) is -0.984. The van der Waals surface area contributed by atoms with Gasteiger partial charge in [-0.05, 0) is 29.6 Å². The first-order chi connectivity index (χ1) is 7.45. The Hall–Kier alpha value is -1.33. The number of isocyanates is 1. The molecule has 0 N–H and O–H groups in total. The van der Waals surface area contributed by atoms with Crippen molar-refractivity contribution < 1.29 is 22.4 Å². The summed E-state index contributed by atoms with van der Waals surface area (Å²) in [6, 6.07) is 2.22. The summed E-state index contributed by atoms with van der Waals surface area (Å²) in [6.07, 6.45) is -3.33. The predicted molar refractivity (Wildman–Crippen MR) is 50.8 cm³/mol. The van der Waals surface area contributed by atoms with Crippen molar-refractivity contribution in [2.75, 3.05) is 0 Å². The summed E-state index contributed by atoms with van der Waals surface area (Å²) in [5, 5.41) is 0. The Kier molecular flexibility index (Phi) is 4.09. The van der Waals surface area contributed by atoms with Crippen LogP contribution in [0, 0.1) is 5.82 Å². The summed E-state index contributed by atoms with van der Waals surface area (Å²) >= 11 is 0.714. The fourth-order valence-electron chi connectivity index (χ4n) is 0.969. The van der Waals surface area contributed by atoms with Crippen molar-refractivity contribution in [3.05, 3.63) is 35.1 Å². The molecule has 0 amide bonds. The molecule has 0 aliphatic rings. The number of alkyl halides is 3. The van der Waals surface area contributed by atoms with Gasteiger partial charge in [-0.1, -0.05) is 6.07 Å². The Morgan fingerprint density at radius 2 is 2.06 bits per heavy atom. The van der Waals surface area contributed by atoms with E-state index in [1.807, 2.05) is 0 Å². The molecule has 0 unspecified atom stereocenters. The van der Waals surface area contributed by atoms with Crippen LogP contribution < -0.4 is 0 Å². The van der Waals surface area contributed by atoms with E-state index >= 15 is 0 Å². The van der Waals surface area contributed by atoms with E-state index in [1.165, 1.54) is 6.08 Å². The van der Waals surface area contributed by atoms with Gasteiger partial charge in [0.05, 0.1) is 5.56 Å². The number of hydrogen-bond donors (Lipinski definition) is 0. The van der Waals surface area contributed by atoms with Gasteiger partial charge in [0.2, 0.25) is 6.08 Å². The zero-order valence-corrected chi connectivity index (χ0v) is 8.53. The Balaban J connectivity index is 2.87. The SMILES string of the molecule is O=C=NSCc1ccc(C(F)(F)F)cc1F. The van der Waals surface area contributed by atoms with Crippen molar-refractivity contribution in [1.29, 1.82) is 0 Å². The molecule has 1 aromatic carbocycles. The van der Waals surface area contributed by atoms with Gasteiger partial charge in [-0.15, -0.1) is 4.40 Å². The number of carbonyl (C=O) groups excluding carboxylic acids is 1. The summed E-state index contributed by atoms with van der Waals surface area (Å²) in [6.45, 7) is 0. The molecule has 0 spiro atoms. The lowest BCUT2D eigenvalue weighted by atomic mass is 10.1. The monoisotopic (exact) mass is 251 g/mol. The number of halogens is 4. The molecule has 0 radical (unpaired) electrons. The van der Waals surface area contributed by atoms with Crippen LogP contribution in [0.1, 0.15) is 11.1 Å². The summed E-state index contributed by atoms with van der Waals surface area (Å²) < 4.78 is 52.7. The third kappa shape index (κ3) is 3.36. The van der Waals surface area contributed by atoms with Gasteiger partial charge in [0, 0.05) is 5.75 Å². The maximum absolute atomic E-state index is 13.2. The molecule has 0 saturated heterocycles. The molecule has 1 rings (SSSR count). The van der Waals surface area contributed by atoms with Crippen LogP contribution in [0.3, 0.4) is 0 Å². The van der Waals surface area contributed by atoms with Crippen LogP contribution in [0.5, 0.6) is 0 Å². The van der Waals surface area contributed by atoms with Gasteiger partial charge in [0.25, 0.3) is 0 Å². The largest absolute Gasteiger partial charge is 0.416 e. The van der Waals surface area contributed by atoms with Gasteiger partial charge in [0.15, 0.2) is 0 Å². The van der Waals surface area contributed by atoms with Crippen LogP contribution in [-0.4, -0.2) is 6.08 Å². The molecule has 0 heterocycles. The van der Waals surface area contributed by atoms with E-state index in [2.05, 4.69) is 4.40 Å². The third-order valence-electron chi connectivity index (χ3n) is 1.70. The van der Waals surface area contributed by atoms with E-state index < -0.39 is 17.6 Å². The van der Waals surface area contributed by atoms with Gasteiger partial charge in [-0.25, -0.2) is 9.18 Å². The Morgan fingerprint density at radius 1 is 1.38 bits per heavy atom. The molecular formula is C9H5F4NOS. The normalized spacial score (nSPS) is 11.0. The second-order valence-electron chi connectivity index (χ2n) is 2.76. The molecule has 0 saturated carbocycles. The molecule has 2 nitrogen and oxygen atoms in total. The first-order valence-corrected chi connectivity index (χ1v) is 4.94. The quantitative estimate of drug-likeness (QED) is 0.357. The van der Waals surface area contributed by atoms with Gasteiger partial charge >= 0.3 is 6.18 Å². The van der Waals surface area contributed by atoms with E-state index in [4.69, 9.17) is 0 Å². The molecule has 0 aliphatic heterocycles. The lowest BCUT2D eigenvalue weighted by Crippen LogP contribution is -2.05. The molecule has 0 aliphatic carbocycles. The first kappa shape index (κ1) is 12.7. The van der Waals surface area contributed by atoms with E-state index in [0.29, 0.717) is 18.0 Å². The van der Waals surface area contributed by atoms with Crippen LogP contribution in [0.25, 0.3) is 0 Å². The van der Waals surface area contributed by atoms with E-state index in [-0.39, 0.29) is 11.3 Å². The molecule has 0 atom stereocenters. The van der Waals surface area contributed by atoms with E-state index in [9.17, 15) is 22.4 Å². The van der Waals surface area contributed by atoms with Crippen molar-refractivity contribution in [3.8, 4) is 0 Å². The van der Waals surface area contributed by atoms with E-state index in [0.717, 1.165) is 12.1 Å². The van der Waals surface area contributed by atoms with Crippen molar-refractivity contribution in [1.82, 2.24) is 0 Å². The van der Waals surface area contributed by atoms with Crippen LogP contribution in [0.15, 0.2) is 22.6 Å². The maximum atomic E-state index is 13.2. The Labute approximate surface area is 92.5 Å². The molecule has 0 aromatic heterocycles. The minimum atomic E-state index is -4.56. The van der Waals surface area contributed by atoms with Crippen LogP contribution in [0.2, 0.25) is 0 Å². The van der Waals surface area contributed by atoms with E-state index in [1.54, 1.807) is 0 Å². The second kappa shape index (κ2) is 5.14. The molecule has 0 bridgehead atoms. The highest BCUT2D eigenvalue weighted by Crippen LogP contribution is 2.30. The summed E-state index contributed by atoms with van der Waals surface area (Å²) in [5.41, 5.74) is -0.991. The second-order valence-corrected chi connectivity index (χ2v) is 3.49. The lowest BCUT2D eigenvalue weighted by molar-refractivity contribution is -0.137. The zero-order chi connectivity index (χ0) is 12.2. The zero-order valence-electron chi connectivity index (χ0n) is 7.71. The fourth-order valence-corrected chi connectivity index (χ4v) is 1.46. The van der Waals surface area contributed by atoms with Crippen molar-refractivity contribution in [2.24, 2.45) is 4.40 Å². The van der Waals surface area contributed by atoms with Crippen LogP contribution in [-0.2, 0) is 16.7 Å². The van der Waals surface area contributed by atoms with Crippen LogP contribution in [0.4, 0.5) is 17.6 Å². The standard InChI is InChI=1S/C9H5F4NOS/c10-8-3-7(9(11,12)13)2-1-6(8)4-16-14-5-15/h1-3H,4H2. The minimum absolute atomic E-state index is 0.0147. The van der Waals surface area contributed by atoms with Gasteiger partial charge < -0.3 is 0 Å². The summed E-state index contributed by atoms with van der Waals surface area (Å²) in [7, 11) is 0. The predicted octanol–water partition coefficient (Wildman–Crippen LogP) is 3.33. The average molecular weight is 251 g/mol. The molecule has 7 heteroatoms. The molecule has 16 heavy (non-hydrogen) atoms. The summed E-state index contributed by atoms with van der Waals surface area (Å²) in [4.78, 5) is 9.71. The van der Waals surface area contributed by atoms with Crippen LogP contribution >= 0.6 is 11.9 Å². The maximum Gasteiger partial charge on any atom is 0.416 e. The lowest BCUT2D eigenvalue weighted by Gasteiger charge is -2.07. The topological polar surface area (TPSA) is 29.4 Å². The smallest absolute Gasteiger partial charge is 0.210 e. The number of hydrogen-bond acceptors (Lipinski definition) is 3. The highest BCUT2D eigenvalue weighted by molar-refractivity contribution is 7.97. The number of rotatable bonds is 3. The highest BCUT2D eigenvalue weighted by Gasteiger charge is 2.31. The first-order valence-electron chi connectivity index (χ1n) is 4.00. The molecule has 1 aromatic rings. The highest BCUT2D eigenvalue weighted by atomic mass is 32.2. The van der Waals surface area contributed by atoms with Gasteiger partial charge in [0.1, 0.15) is 5.82 Å². The van der Waals surface area contributed by atoms with Crippen molar-refractivity contribution in [2.45, 2.75) is 11.9 Å². The molecule has 0 fully saturated rings. The molecular weight excluding hydrogens is 246 g/mol. The average Bonchev–Trinajstić information content (AvgIpc) is 2.19. The van der Waals surface area contributed by atoms with Gasteiger partial charge in [-0.2, -0.15) is 13.2 Å². The Morgan fingerprint density at radius 3 is 2.56 bits per heavy atom. The van der Waals surface area contributed by atoms with Gasteiger partial charge in [-0.3, -0.25) is 0 Å². The number of benzene rings is 1. The van der Waals surface area contributed by atoms with Crippen molar-refractivity contribution >= 4 is 18.0 Å². The third-order valence-corrected chi connectivity index (χ3v) is 2.35. The minimum Gasteiger partial charge on any atom is -0.210 e. The number of nitrogens with zero attached hydrogens (tertiary/aromatic N) is 1. The molecule has 86 valence electrons. The Bertz CT molecular complexity index is 426. The van der Waals surface area contributed by atoms with Crippen molar-refractivity contribution in [3.63, 3.8) is 0 Å². The fraction of sp³-hybridized carbons (Fsp3) is 0.222.